The average molecular weight is 261 g/mol. The van der Waals surface area contributed by atoms with Gasteiger partial charge in [-0.3, -0.25) is 9.78 Å². The molecule has 4 nitrogen and oxygen atoms in total. The summed E-state index contributed by atoms with van der Waals surface area (Å²) < 4.78 is 0. The van der Waals surface area contributed by atoms with E-state index in [1.807, 2.05) is 25.3 Å². The molecule has 1 saturated heterocycles. The topological polar surface area (TPSA) is 54.0 Å². The van der Waals surface area contributed by atoms with Gasteiger partial charge in [0.1, 0.15) is 0 Å². The Labute approximate surface area is 115 Å². The van der Waals surface area contributed by atoms with E-state index in [0.29, 0.717) is 0 Å². The Morgan fingerprint density at radius 3 is 3.05 bits per heavy atom. The molecule has 0 aliphatic carbocycles. The number of carbonyl (C=O) groups excluding carboxylic acids is 1. The Kier molecular flexibility index (Phi) is 4.53. The second kappa shape index (κ2) is 6.15. The minimum absolute atomic E-state index is 0.00975. The van der Waals surface area contributed by atoms with E-state index in [9.17, 15) is 4.79 Å². The second-order valence-electron chi connectivity index (χ2n) is 5.44. The summed E-state index contributed by atoms with van der Waals surface area (Å²) in [5, 5.41) is 6.46. The summed E-state index contributed by atoms with van der Waals surface area (Å²) in [6, 6.07) is 3.91. The van der Waals surface area contributed by atoms with Crippen LogP contribution in [-0.2, 0) is 4.79 Å². The SMILES string of the molecule is CCCC1(C(=O)N[C@H](C)c2cccnc2)CCNC1. The number of aromatic nitrogens is 1. The molecule has 1 amide bonds. The number of carbonyl (C=O) groups is 1. The number of pyridine rings is 1. The lowest BCUT2D eigenvalue weighted by atomic mass is 9.81. The molecular formula is C15H23N3O. The van der Waals surface area contributed by atoms with Gasteiger partial charge in [0.25, 0.3) is 0 Å². The minimum Gasteiger partial charge on any atom is -0.349 e. The van der Waals surface area contributed by atoms with Gasteiger partial charge in [-0.05, 0) is 37.9 Å². The lowest BCUT2D eigenvalue weighted by molar-refractivity contribution is -0.131. The molecule has 19 heavy (non-hydrogen) atoms. The highest BCUT2D eigenvalue weighted by molar-refractivity contribution is 5.83. The standard InChI is InChI=1S/C15H23N3O/c1-3-6-15(7-9-17-11-15)14(19)18-12(2)13-5-4-8-16-10-13/h4-5,8,10,12,17H,3,6-7,9,11H2,1-2H3,(H,18,19)/t12-,15?/m1/s1. The Bertz CT molecular complexity index is 413. The molecule has 1 unspecified atom stereocenters. The van der Waals surface area contributed by atoms with Crippen molar-refractivity contribution in [2.75, 3.05) is 13.1 Å². The van der Waals surface area contributed by atoms with Crippen molar-refractivity contribution in [2.24, 2.45) is 5.41 Å². The van der Waals surface area contributed by atoms with Crippen LogP contribution in [-0.4, -0.2) is 24.0 Å². The first-order valence-corrected chi connectivity index (χ1v) is 7.09. The molecule has 1 aromatic rings. The maximum Gasteiger partial charge on any atom is 0.228 e. The number of amides is 1. The third kappa shape index (κ3) is 3.13. The largest absolute Gasteiger partial charge is 0.349 e. The summed E-state index contributed by atoms with van der Waals surface area (Å²) in [5.41, 5.74) is 0.832. The highest BCUT2D eigenvalue weighted by Gasteiger charge is 2.40. The molecule has 104 valence electrons. The minimum atomic E-state index is -0.217. The van der Waals surface area contributed by atoms with Crippen LogP contribution in [0.4, 0.5) is 0 Å². The van der Waals surface area contributed by atoms with Crippen LogP contribution in [0.5, 0.6) is 0 Å². The lowest BCUT2D eigenvalue weighted by Gasteiger charge is -2.28. The van der Waals surface area contributed by atoms with Gasteiger partial charge in [-0.2, -0.15) is 0 Å². The second-order valence-corrected chi connectivity index (χ2v) is 5.44. The van der Waals surface area contributed by atoms with Crippen LogP contribution >= 0.6 is 0 Å². The van der Waals surface area contributed by atoms with E-state index < -0.39 is 0 Å². The third-order valence-corrected chi connectivity index (χ3v) is 3.99. The number of rotatable bonds is 5. The molecule has 2 heterocycles. The average Bonchev–Trinajstić information content (AvgIpc) is 2.90. The zero-order valence-electron chi connectivity index (χ0n) is 11.8. The molecule has 0 radical (unpaired) electrons. The van der Waals surface area contributed by atoms with E-state index in [2.05, 4.69) is 22.5 Å². The molecule has 4 heteroatoms. The van der Waals surface area contributed by atoms with E-state index in [4.69, 9.17) is 0 Å². The van der Waals surface area contributed by atoms with Crippen LogP contribution in [0.25, 0.3) is 0 Å². The van der Waals surface area contributed by atoms with Crippen LogP contribution in [0.2, 0.25) is 0 Å². The first kappa shape index (κ1) is 14.0. The molecule has 1 aromatic heterocycles. The predicted octanol–water partition coefficient (Wildman–Crippen LogP) is 2.04. The van der Waals surface area contributed by atoms with Crippen LogP contribution in [0.15, 0.2) is 24.5 Å². The summed E-state index contributed by atoms with van der Waals surface area (Å²) in [6.45, 7) is 5.88. The summed E-state index contributed by atoms with van der Waals surface area (Å²) >= 11 is 0. The first-order chi connectivity index (χ1) is 9.18. The van der Waals surface area contributed by atoms with Crippen molar-refractivity contribution in [3.63, 3.8) is 0 Å². The van der Waals surface area contributed by atoms with Crippen molar-refractivity contribution >= 4 is 5.91 Å². The molecule has 2 rings (SSSR count). The van der Waals surface area contributed by atoms with Crippen LogP contribution in [0.1, 0.15) is 44.7 Å². The van der Waals surface area contributed by atoms with Gasteiger partial charge in [-0.1, -0.05) is 19.4 Å². The zero-order valence-corrected chi connectivity index (χ0v) is 11.8. The normalized spacial score (nSPS) is 24.1. The maximum atomic E-state index is 12.6. The summed E-state index contributed by atoms with van der Waals surface area (Å²) in [5.74, 6) is 0.177. The van der Waals surface area contributed by atoms with Gasteiger partial charge in [-0.25, -0.2) is 0 Å². The van der Waals surface area contributed by atoms with Crippen molar-refractivity contribution in [3.05, 3.63) is 30.1 Å². The lowest BCUT2D eigenvalue weighted by Crippen LogP contribution is -2.43. The zero-order chi connectivity index (χ0) is 13.7. The Morgan fingerprint density at radius 1 is 1.63 bits per heavy atom. The Morgan fingerprint density at radius 2 is 2.47 bits per heavy atom. The summed E-state index contributed by atoms with van der Waals surface area (Å²) in [7, 11) is 0. The first-order valence-electron chi connectivity index (χ1n) is 7.09. The van der Waals surface area contributed by atoms with Crippen molar-refractivity contribution in [1.82, 2.24) is 15.6 Å². The number of hydrogen-bond acceptors (Lipinski definition) is 3. The van der Waals surface area contributed by atoms with Gasteiger partial charge in [0.05, 0.1) is 11.5 Å². The molecule has 0 aromatic carbocycles. The van der Waals surface area contributed by atoms with Gasteiger partial charge < -0.3 is 10.6 Å². The summed E-state index contributed by atoms with van der Waals surface area (Å²) in [4.78, 5) is 16.7. The van der Waals surface area contributed by atoms with Gasteiger partial charge >= 0.3 is 0 Å². The fourth-order valence-electron chi connectivity index (χ4n) is 2.81. The van der Waals surface area contributed by atoms with Crippen molar-refractivity contribution < 1.29 is 4.79 Å². The number of nitrogens with zero attached hydrogens (tertiary/aromatic N) is 1. The van der Waals surface area contributed by atoms with Gasteiger partial charge in [0, 0.05) is 18.9 Å². The fraction of sp³-hybridized carbons (Fsp3) is 0.600. The van der Waals surface area contributed by atoms with Gasteiger partial charge in [0.2, 0.25) is 5.91 Å². The highest BCUT2D eigenvalue weighted by atomic mass is 16.2. The fourth-order valence-corrected chi connectivity index (χ4v) is 2.81. The molecule has 0 saturated carbocycles. The van der Waals surface area contributed by atoms with Gasteiger partial charge in [0.15, 0.2) is 0 Å². The maximum absolute atomic E-state index is 12.6. The molecule has 1 aliphatic rings. The molecule has 1 fully saturated rings. The van der Waals surface area contributed by atoms with E-state index >= 15 is 0 Å². The Balaban J connectivity index is 2.03. The van der Waals surface area contributed by atoms with Gasteiger partial charge in [-0.15, -0.1) is 0 Å². The monoisotopic (exact) mass is 261 g/mol. The predicted molar refractivity (Wildman–Crippen MR) is 75.6 cm³/mol. The van der Waals surface area contributed by atoms with E-state index in [-0.39, 0.29) is 17.4 Å². The van der Waals surface area contributed by atoms with Crippen molar-refractivity contribution in [1.29, 1.82) is 0 Å². The number of nitrogens with one attached hydrogen (secondary N) is 2. The quantitative estimate of drug-likeness (QED) is 0.853. The molecular weight excluding hydrogens is 238 g/mol. The van der Waals surface area contributed by atoms with Crippen LogP contribution in [0, 0.1) is 5.41 Å². The smallest absolute Gasteiger partial charge is 0.228 e. The third-order valence-electron chi connectivity index (χ3n) is 3.99. The summed E-state index contributed by atoms with van der Waals surface area (Å²) in [6.07, 6.45) is 6.48. The van der Waals surface area contributed by atoms with E-state index in [0.717, 1.165) is 37.9 Å². The van der Waals surface area contributed by atoms with Crippen molar-refractivity contribution in [2.45, 2.75) is 39.2 Å². The molecule has 1 aliphatic heterocycles. The van der Waals surface area contributed by atoms with E-state index in [1.54, 1.807) is 6.20 Å². The highest BCUT2D eigenvalue weighted by Crippen LogP contribution is 2.32. The molecule has 2 atom stereocenters. The molecule has 0 bridgehead atoms. The van der Waals surface area contributed by atoms with Crippen molar-refractivity contribution in [3.8, 4) is 0 Å². The van der Waals surface area contributed by atoms with Crippen LogP contribution < -0.4 is 10.6 Å². The molecule has 0 spiro atoms. The molecule has 2 N–H and O–H groups in total. The number of hydrogen-bond donors (Lipinski definition) is 2. The Hall–Kier alpha value is -1.42. The van der Waals surface area contributed by atoms with Crippen LogP contribution in [0.3, 0.4) is 0 Å². The van der Waals surface area contributed by atoms with E-state index in [1.165, 1.54) is 0 Å².